The molecule has 0 bridgehead atoms. The molecule has 0 saturated heterocycles. The van der Waals surface area contributed by atoms with E-state index >= 15 is 0 Å². The first-order valence-corrected chi connectivity index (χ1v) is 6.08. The maximum atomic E-state index is 12.8. The molecule has 4 nitrogen and oxygen atoms in total. The quantitative estimate of drug-likeness (QED) is 0.936. The van der Waals surface area contributed by atoms with Gasteiger partial charge in [-0.2, -0.15) is 13.2 Å². The van der Waals surface area contributed by atoms with Crippen molar-refractivity contribution in [2.24, 2.45) is 0 Å². The number of anilines is 1. The first-order chi connectivity index (χ1) is 9.49. The van der Waals surface area contributed by atoms with Crippen LogP contribution in [-0.2, 0) is 12.6 Å². The van der Waals surface area contributed by atoms with Crippen LogP contribution in [0.4, 0.5) is 19.1 Å². The van der Waals surface area contributed by atoms with Gasteiger partial charge in [-0.3, -0.25) is 4.98 Å². The first-order valence-electron chi connectivity index (χ1n) is 6.08. The Morgan fingerprint density at radius 2 is 1.95 bits per heavy atom. The first kappa shape index (κ1) is 14.2. The third-order valence-electron chi connectivity index (χ3n) is 2.49. The lowest BCUT2D eigenvalue weighted by Gasteiger charge is -2.10. The van der Waals surface area contributed by atoms with Gasteiger partial charge in [0.15, 0.2) is 0 Å². The van der Waals surface area contributed by atoms with Gasteiger partial charge in [0.1, 0.15) is 5.69 Å². The van der Waals surface area contributed by atoms with Crippen LogP contribution in [0.1, 0.15) is 24.0 Å². The minimum absolute atomic E-state index is 0.0201. The summed E-state index contributed by atoms with van der Waals surface area (Å²) in [7, 11) is 0. The molecule has 0 aromatic carbocycles. The highest BCUT2D eigenvalue weighted by atomic mass is 19.4. The van der Waals surface area contributed by atoms with Crippen LogP contribution < -0.4 is 5.32 Å². The van der Waals surface area contributed by atoms with Crippen molar-refractivity contribution in [3.8, 4) is 0 Å². The monoisotopic (exact) mass is 282 g/mol. The number of halogens is 3. The molecule has 20 heavy (non-hydrogen) atoms. The topological polar surface area (TPSA) is 50.7 Å². The molecule has 0 atom stereocenters. The fourth-order valence-corrected chi connectivity index (χ4v) is 1.66. The van der Waals surface area contributed by atoms with Crippen molar-refractivity contribution in [1.82, 2.24) is 15.0 Å². The molecule has 2 rings (SSSR count). The molecule has 0 fully saturated rings. The number of hydrogen-bond acceptors (Lipinski definition) is 4. The second kappa shape index (κ2) is 5.85. The van der Waals surface area contributed by atoms with E-state index < -0.39 is 11.9 Å². The zero-order valence-electron chi connectivity index (χ0n) is 10.8. The van der Waals surface area contributed by atoms with Crippen molar-refractivity contribution in [1.29, 1.82) is 0 Å². The van der Waals surface area contributed by atoms with Gasteiger partial charge < -0.3 is 5.32 Å². The normalized spacial score (nSPS) is 11.4. The van der Waals surface area contributed by atoms with Crippen LogP contribution in [0.3, 0.4) is 0 Å². The SMILES string of the molecule is CCNc1nc(Cc2ccccn2)cc(C(F)(F)F)n1. The molecule has 0 amide bonds. The second-order valence-electron chi connectivity index (χ2n) is 4.09. The Morgan fingerprint density at radius 1 is 1.15 bits per heavy atom. The van der Waals surface area contributed by atoms with E-state index in [2.05, 4.69) is 20.3 Å². The van der Waals surface area contributed by atoms with E-state index in [0.717, 1.165) is 6.07 Å². The number of rotatable bonds is 4. The standard InChI is InChI=1S/C13H13F3N4/c1-2-17-12-19-10(7-9-5-3-4-6-18-9)8-11(20-12)13(14,15)16/h3-6,8H,2,7H2,1H3,(H,17,19,20). The Labute approximate surface area is 114 Å². The minimum Gasteiger partial charge on any atom is -0.354 e. The maximum absolute atomic E-state index is 12.8. The summed E-state index contributed by atoms with van der Waals surface area (Å²) < 4.78 is 38.4. The molecule has 0 saturated carbocycles. The van der Waals surface area contributed by atoms with Crippen LogP contribution in [0.2, 0.25) is 0 Å². The Bertz CT molecular complexity index is 570. The lowest BCUT2D eigenvalue weighted by molar-refractivity contribution is -0.141. The highest BCUT2D eigenvalue weighted by Crippen LogP contribution is 2.28. The van der Waals surface area contributed by atoms with Gasteiger partial charge in [-0.1, -0.05) is 6.07 Å². The third-order valence-corrected chi connectivity index (χ3v) is 2.49. The molecule has 2 aromatic heterocycles. The maximum Gasteiger partial charge on any atom is 0.433 e. The summed E-state index contributed by atoms with van der Waals surface area (Å²) in [4.78, 5) is 11.6. The molecule has 0 aliphatic rings. The Hall–Kier alpha value is -2.18. The van der Waals surface area contributed by atoms with Gasteiger partial charge in [-0.25, -0.2) is 9.97 Å². The summed E-state index contributed by atoms with van der Waals surface area (Å²) in [6, 6.07) is 6.21. The van der Waals surface area contributed by atoms with E-state index in [-0.39, 0.29) is 18.1 Å². The molecular formula is C13H13F3N4. The molecule has 0 aliphatic heterocycles. The summed E-state index contributed by atoms with van der Waals surface area (Å²) in [6.45, 7) is 2.21. The highest BCUT2D eigenvalue weighted by Gasteiger charge is 2.33. The van der Waals surface area contributed by atoms with Crippen LogP contribution in [-0.4, -0.2) is 21.5 Å². The Kier molecular flexibility index (Phi) is 4.16. The third kappa shape index (κ3) is 3.66. The van der Waals surface area contributed by atoms with Crippen molar-refractivity contribution >= 4 is 5.95 Å². The summed E-state index contributed by atoms with van der Waals surface area (Å²) >= 11 is 0. The molecule has 2 aromatic rings. The number of pyridine rings is 1. The minimum atomic E-state index is -4.49. The number of nitrogens with zero attached hydrogens (tertiary/aromatic N) is 3. The summed E-state index contributed by atoms with van der Waals surface area (Å²) in [6.07, 6.45) is -2.68. The van der Waals surface area contributed by atoms with Gasteiger partial charge >= 0.3 is 6.18 Å². The van der Waals surface area contributed by atoms with Crippen LogP contribution in [0.5, 0.6) is 0 Å². The number of alkyl halides is 3. The van der Waals surface area contributed by atoms with Gasteiger partial charge in [-0.15, -0.1) is 0 Å². The molecule has 1 N–H and O–H groups in total. The zero-order chi connectivity index (χ0) is 14.6. The molecule has 106 valence electrons. The van der Waals surface area contributed by atoms with Gasteiger partial charge in [0, 0.05) is 24.9 Å². The summed E-state index contributed by atoms with van der Waals surface area (Å²) in [5.74, 6) is -0.0201. The van der Waals surface area contributed by atoms with Crippen molar-refractivity contribution in [3.05, 3.63) is 47.5 Å². The molecule has 0 radical (unpaired) electrons. The molecular weight excluding hydrogens is 269 g/mol. The fraction of sp³-hybridized carbons (Fsp3) is 0.308. The van der Waals surface area contributed by atoms with E-state index in [9.17, 15) is 13.2 Å². The van der Waals surface area contributed by atoms with Gasteiger partial charge in [-0.05, 0) is 25.1 Å². The predicted octanol–water partition coefficient (Wildman–Crippen LogP) is 2.91. The van der Waals surface area contributed by atoms with Crippen LogP contribution in [0.25, 0.3) is 0 Å². The van der Waals surface area contributed by atoms with E-state index in [1.807, 2.05) is 0 Å². The van der Waals surface area contributed by atoms with Crippen molar-refractivity contribution in [2.75, 3.05) is 11.9 Å². The van der Waals surface area contributed by atoms with E-state index in [1.54, 1.807) is 31.3 Å². The number of aromatic nitrogens is 3. The molecule has 0 unspecified atom stereocenters. The summed E-state index contributed by atoms with van der Waals surface area (Å²) in [5, 5.41) is 2.70. The van der Waals surface area contributed by atoms with Gasteiger partial charge in [0.2, 0.25) is 5.95 Å². The second-order valence-corrected chi connectivity index (χ2v) is 4.09. The fourth-order valence-electron chi connectivity index (χ4n) is 1.66. The average Bonchev–Trinajstić information content (AvgIpc) is 2.39. The van der Waals surface area contributed by atoms with Crippen LogP contribution >= 0.6 is 0 Å². The van der Waals surface area contributed by atoms with Crippen LogP contribution in [0.15, 0.2) is 30.5 Å². The largest absolute Gasteiger partial charge is 0.433 e. The predicted molar refractivity (Wildman–Crippen MR) is 68.2 cm³/mol. The van der Waals surface area contributed by atoms with E-state index in [1.165, 1.54) is 0 Å². The van der Waals surface area contributed by atoms with Gasteiger partial charge in [0.05, 0.1) is 5.69 Å². The van der Waals surface area contributed by atoms with Crippen molar-refractivity contribution in [3.63, 3.8) is 0 Å². The summed E-state index contributed by atoms with van der Waals surface area (Å²) in [5.41, 5.74) is -0.0156. The number of hydrogen-bond donors (Lipinski definition) is 1. The molecule has 2 heterocycles. The van der Waals surface area contributed by atoms with Crippen LogP contribution in [0, 0.1) is 0 Å². The Morgan fingerprint density at radius 3 is 2.55 bits per heavy atom. The zero-order valence-corrected chi connectivity index (χ0v) is 10.8. The van der Waals surface area contributed by atoms with E-state index in [0.29, 0.717) is 12.2 Å². The smallest absolute Gasteiger partial charge is 0.354 e. The highest BCUT2D eigenvalue weighted by molar-refractivity contribution is 5.30. The van der Waals surface area contributed by atoms with Gasteiger partial charge in [0.25, 0.3) is 0 Å². The number of nitrogens with one attached hydrogen (secondary N) is 1. The van der Waals surface area contributed by atoms with Crippen molar-refractivity contribution in [2.45, 2.75) is 19.5 Å². The molecule has 0 spiro atoms. The lowest BCUT2D eigenvalue weighted by atomic mass is 10.2. The van der Waals surface area contributed by atoms with E-state index in [4.69, 9.17) is 0 Å². The molecule has 7 heteroatoms. The Balaban J connectivity index is 2.34. The van der Waals surface area contributed by atoms with Crippen molar-refractivity contribution < 1.29 is 13.2 Å². The average molecular weight is 282 g/mol. The lowest BCUT2D eigenvalue weighted by Crippen LogP contribution is -2.13. The molecule has 0 aliphatic carbocycles.